The van der Waals surface area contributed by atoms with Gasteiger partial charge in [-0.2, -0.15) is 0 Å². The molecule has 1 aliphatic rings. The highest BCUT2D eigenvalue weighted by molar-refractivity contribution is 5.90. The number of ether oxygens (including phenoxy) is 1. The van der Waals surface area contributed by atoms with Crippen LogP contribution in [-0.2, 0) is 9.53 Å². The number of carbonyl (C=O) groups is 1. The molecule has 11 heteroatoms. The number of pyridine rings is 1. The Morgan fingerprint density at radius 3 is 2.28 bits per heavy atom. The van der Waals surface area contributed by atoms with E-state index in [0.29, 0.717) is 60.8 Å². The van der Waals surface area contributed by atoms with Crippen molar-refractivity contribution in [3.05, 3.63) is 72.6 Å². The fraction of sp³-hybridized carbons (Fsp3) is 0.214. The van der Waals surface area contributed by atoms with Gasteiger partial charge in [-0.3, -0.25) is 9.78 Å². The monoisotopic (exact) mass is 524 g/mol. The molecular formula is C28H28N8O3. The molecule has 6 rings (SSSR count). The zero-order valence-corrected chi connectivity index (χ0v) is 21.7. The average Bonchev–Trinajstić information content (AvgIpc) is 3.35. The van der Waals surface area contributed by atoms with E-state index in [1.807, 2.05) is 56.3 Å². The molecule has 0 bridgehead atoms. The van der Waals surface area contributed by atoms with Gasteiger partial charge in [0.15, 0.2) is 11.6 Å². The maximum absolute atomic E-state index is 10.8. The average molecular weight is 525 g/mol. The summed E-state index contributed by atoms with van der Waals surface area (Å²) in [5.74, 6) is 3.40. The number of furan rings is 1. The fourth-order valence-electron chi connectivity index (χ4n) is 4.15. The minimum absolute atomic E-state index is 0.190. The van der Waals surface area contributed by atoms with Crippen molar-refractivity contribution >= 4 is 34.9 Å². The molecule has 3 N–H and O–H groups in total. The van der Waals surface area contributed by atoms with Crippen LogP contribution in [0.5, 0.6) is 0 Å². The van der Waals surface area contributed by atoms with Crippen molar-refractivity contribution in [2.24, 2.45) is 0 Å². The number of hydrogen-bond acceptors (Lipinski definition) is 10. The molecule has 1 aliphatic heterocycles. The van der Waals surface area contributed by atoms with Gasteiger partial charge < -0.3 is 25.1 Å². The van der Waals surface area contributed by atoms with Crippen LogP contribution >= 0.6 is 0 Å². The highest BCUT2D eigenvalue weighted by Gasteiger charge is 2.20. The molecule has 0 aliphatic carbocycles. The molecule has 39 heavy (non-hydrogen) atoms. The van der Waals surface area contributed by atoms with E-state index in [1.165, 1.54) is 0 Å². The molecule has 1 amide bonds. The number of rotatable bonds is 5. The van der Waals surface area contributed by atoms with Gasteiger partial charge in [-0.15, -0.1) is 0 Å². The number of anilines is 3. The first-order valence-electron chi connectivity index (χ1n) is 12.4. The number of hydrogen-bond donors (Lipinski definition) is 2. The van der Waals surface area contributed by atoms with Crippen LogP contribution in [0.2, 0.25) is 0 Å². The second-order valence-corrected chi connectivity index (χ2v) is 8.89. The maximum atomic E-state index is 10.8. The Bertz CT molecular complexity index is 1560. The SMILES string of the molecule is Cc1ccc(C)o1.Nc1ncc(-c2nc(N3CCOCC3)c3ncc(-c4cccc(NC=O)c4)cc3n2)cn1. The van der Waals surface area contributed by atoms with E-state index in [2.05, 4.69) is 20.2 Å². The van der Waals surface area contributed by atoms with Crippen LogP contribution in [0.3, 0.4) is 0 Å². The summed E-state index contributed by atoms with van der Waals surface area (Å²) in [5.41, 5.74) is 10.2. The zero-order valence-electron chi connectivity index (χ0n) is 21.7. The second-order valence-electron chi connectivity index (χ2n) is 8.89. The predicted octanol–water partition coefficient (Wildman–Crippen LogP) is 4.03. The highest BCUT2D eigenvalue weighted by Crippen LogP contribution is 2.30. The van der Waals surface area contributed by atoms with Gasteiger partial charge in [0.05, 0.1) is 24.3 Å². The van der Waals surface area contributed by atoms with Crippen molar-refractivity contribution in [3.63, 3.8) is 0 Å². The Kier molecular flexibility index (Phi) is 7.69. The molecule has 0 radical (unpaired) electrons. The number of morpholine rings is 1. The molecule has 4 aromatic heterocycles. The lowest BCUT2D eigenvalue weighted by Gasteiger charge is -2.28. The minimum Gasteiger partial charge on any atom is -0.467 e. The van der Waals surface area contributed by atoms with Crippen molar-refractivity contribution in [2.75, 3.05) is 42.3 Å². The number of aromatic nitrogens is 5. The third-order valence-electron chi connectivity index (χ3n) is 6.05. The second kappa shape index (κ2) is 11.7. The molecule has 1 aromatic carbocycles. The summed E-state index contributed by atoms with van der Waals surface area (Å²) in [6.45, 7) is 6.56. The van der Waals surface area contributed by atoms with Gasteiger partial charge in [0, 0.05) is 42.9 Å². The minimum atomic E-state index is 0.190. The summed E-state index contributed by atoms with van der Waals surface area (Å²) in [4.78, 5) is 35.4. The molecule has 1 saturated heterocycles. The van der Waals surface area contributed by atoms with Gasteiger partial charge in [0.25, 0.3) is 0 Å². The summed E-state index contributed by atoms with van der Waals surface area (Å²) < 4.78 is 10.6. The lowest BCUT2D eigenvalue weighted by Crippen LogP contribution is -2.37. The molecule has 1 fully saturated rings. The predicted molar refractivity (Wildman–Crippen MR) is 149 cm³/mol. The van der Waals surface area contributed by atoms with Crippen LogP contribution in [0.4, 0.5) is 17.5 Å². The van der Waals surface area contributed by atoms with E-state index < -0.39 is 0 Å². The number of nitrogen functional groups attached to an aromatic ring is 1. The van der Waals surface area contributed by atoms with Crippen LogP contribution in [0, 0.1) is 13.8 Å². The number of fused-ring (bicyclic) bond motifs is 1. The largest absolute Gasteiger partial charge is 0.467 e. The first-order chi connectivity index (χ1) is 19.0. The van der Waals surface area contributed by atoms with Crippen LogP contribution in [-0.4, -0.2) is 57.6 Å². The van der Waals surface area contributed by atoms with Gasteiger partial charge in [0.2, 0.25) is 12.4 Å². The van der Waals surface area contributed by atoms with E-state index in [1.54, 1.807) is 18.6 Å². The highest BCUT2D eigenvalue weighted by atomic mass is 16.5. The first kappa shape index (κ1) is 25.7. The third kappa shape index (κ3) is 6.16. The Hall–Kier alpha value is -4.90. The summed E-state index contributed by atoms with van der Waals surface area (Å²) in [6.07, 6.45) is 5.67. The molecular weight excluding hydrogens is 496 g/mol. The molecule has 0 atom stereocenters. The topological polar surface area (TPSA) is 145 Å². The summed E-state index contributed by atoms with van der Waals surface area (Å²) >= 11 is 0. The van der Waals surface area contributed by atoms with Crippen molar-refractivity contribution in [2.45, 2.75) is 13.8 Å². The molecule has 0 unspecified atom stereocenters. The summed E-state index contributed by atoms with van der Waals surface area (Å²) in [7, 11) is 0. The van der Waals surface area contributed by atoms with Gasteiger partial charge in [-0.25, -0.2) is 19.9 Å². The van der Waals surface area contributed by atoms with Crippen LogP contribution in [0.15, 0.2) is 65.5 Å². The number of nitrogens with one attached hydrogen (secondary N) is 1. The van der Waals surface area contributed by atoms with Gasteiger partial charge in [0.1, 0.15) is 17.0 Å². The smallest absolute Gasteiger partial charge is 0.219 e. The van der Waals surface area contributed by atoms with E-state index >= 15 is 0 Å². The van der Waals surface area contributed by atoms with Crippen molar-refractivity contribution < 1.29 is 13.9 Å². The number of nitrogens with two attached hydrogens (primary N) is 1. The Labute approximate surface area is 225 Å². The van der Waals surface area contributed by atoms with E-state index in [-0.39, 0.29) is 5.95 Å². The first-order valence-corrected chi connectivity index (χ1v) is 12.4. The fourth-order valence-corrected chi connectivity index (χ4v) is 4.15. The number of aryl methyl sites for hydroxylation is 2. The van der Waals surface area contributed by atoms with E-state index in [0.717, 1.165) is 28.5 Å². The Morgan fingerprint density at radius 2 is 1.62 bits per heavy atom. The molecule has 11 nitrogen and oxygen atoms in total. The van der Waals surface area contributed by atoms with Gasteiger partial charge in [-0.1, -0.05) is 12.1 Å². The summed E-state index contributed by atoms with van der Waals surface area (Å²) in [6, 6.07) is 13.4. The maximum Gasteiger partial charge on any atom is 0.219 e. The van der Waals surface area contributed by atoms with Crippen molar-refractivity contribution in [1.29, 1.82) is 0 Å². The number of nitrogens with zero attached hydrogens (tertiary/aromatic N) is 6. The van der Waals surface area contributed by atoms with Crippen LogP contribution in [0.25, 0.3) is 33.5 Å². The zero-order chi connectivity index (χ0) is 27.2. The lowest BCUT2D eigenvalue weighted by atomic mass is 10.1. The number of benzene rings is 1. The third-order valence-corrected chi connectivity index (χ3v) is 6.05. The number of amides is 1. The van der Waals surface area contributed by atoms with E-state index in [9.17, 15) is 4.79 Å². The molecule has 5 aromatic rings. The summed E-state index contributed by atoms with van der Waals surface area (Å²) in [5, 5.41) is 2.67. The lowest BCUT2D eigenvalue weighted by molar-refractivity contribution is -0.105. The van der Waals surface area contributed by atoms with Gasteiger partial charge in [-0.05, 0) is 49.7 Å². The van der Waals surface area contributed by atoms with Crippen LogP contribution in [0.1, 0.15) is 11.5 Å². The molecule has 5 heterocycles. The Morgan fingerprint density at radius 1 is 0.897 bits per heavy atom. The Balaban J connectivity index is 0.000000384. The van der Waals surface area contributed by atoms with Crippen LogP contribution < -0.4 is 16.0 Å². The normalized spacial score (nSPS) is 13.0. The molecule has 0 spiro atoms. The van der Waals surface area contributed by atoms with E-state index in [4.69, 9.17) is 29.8 Å². The standard InChI is InChI=1S/C22H20N8O2.C6H8O/c23-22-25-11-16(12-26-22)20-28-18-9-15(14-2-1-3-17(8-14)27-13-31)10-24-19(18)21(29-20)30-4-6-32-7-5-30;1-5-3-4-6(2)7-5/h1-3,8-13H,4-7H2,(H,27,31)(H2,23,25,26);3-4H,1-2H3. The van der Waals surface area contributed by atoms with Crippen molar-refractivity contribution in [1.82, 2.24) is 24.9 Å². The molecule has 0 saturated carbocycles. The number of carbonyl (C=O) groups excluding carboxylic acids is 1. The van der Waals surface area contributed by atoms with Crippen molar-refractivity contribution in [3.8, 4) is 22.5 Å². The molecule has 198 valence electrons. The quantitative estimate of drug-likeness (QED) is 0.323. The van der Waals surface area contributed by atoms with Gasteiger partial charge >= 0.3 is 0 Å².